The number of nitrogens with zero attached hydrogens (tertiary/aromatic N) is 1. The van der Waals surface area contributed by atoms with Crippen molar-refractivity contribution in [1.82, 2.24) is 10.3 Å². The van der Waals surface area contributed by atoms with E-state index in [-0.39, 0.29) is 5.91 Å². The van der Waals surface area contributed by atoms with E-state index >= 15 is 0 Å². The van der Waals surface area contributed by atoms with Crippen LogP contribution in [0.25, 0.3) is 0 Å². The Morgan fingerprint density at radius 2 is 2.27 bits per heavy atom. The van der Waals surface area contributed by atoms with Gasteiger partial charge < -0.3 is 4.90 Å². The molecule has 1 fully saturated rings. The van der Waals surface area contributed by atoms with Crippen LogP contribution >= 0.6 is 0 Å². The highest BCUT2D eigenvalue weighted by molar-refractivity contribution is 5.75. The topological polar surface area (TPSA) is 58.4 Å². The molecule has 3 atom stereocenters. The Hall–Kier alpha value is -0.610. The van der Waals surface area contributed by atoms with Gasteiger partial charge in [0.1, 0.15) is 0 Å². The van der Waals surface area contributed by atoms with Crippen LogP contribution in [-0.4, -0.2) is 30.4 Å². The number of hydrogen-bond acceptors (Lipinski definition) is 3. The predicted molar refractivity (Wildman–Crippen MR) is 60.9 cm³/mol. The summed E-state index contributed by atoms with van der Waals surface area (Å²) in [5.41, 5.74) is 2.16. The first-order valence-electron chi connectivity index (χ1n) is 5.74. The van der Waals surface area contributed by atoms with Gasteiger partial charge in [-0.3, -0.25) is 10.2 Å². The molecule has 1 aliphatic carbocycles. The molecule has 3 unspecified atom stereocenters. The van der Waals surface area contributed by atoms with Crippen LogP contribution in [0.15, 0.2) is 0 Å². The quantitative estimate of drug-likeness (QED) is 0.388. The first-order chi connectivity index (χ1) is 7.04. The Labute approximate surface area is 92.2 Å². The molecule has 4 heteroatoms. The number of hydrogen-bond donors (Lipinski definition) is 2. The van der Waals surface area contributed by atoms with E-state index in [0.717, 1.165) is 24.8 Å². The van der Waals surface area contributed by atoms with Crippen LogP contribution in [0.5, 0.6) is 0 Å². The molecule has 88 valence electrons. The Kier molecular flexibility index (Phi) is 4.54. The molecule has 1 saturated carbocycles. The smallest absolute Gasteiger partial charge is 0.233 e. The lowest BCUT2D eigenvalue weighted by Crippen LogP contribution is -2.34. The first-order valence-corrected chi connectivity index (χ1v) is 5.74. The minimum atomic E-state index is -0.0740. The minimum absolute atomic E-state index is 0.0740. The van der Waals surface area contributed by atoms with Crippen molar-refractivity contribution in [3.05, 3.63) is 0 Å². The van der Waals surface area contributed by atoms with Crippen LogP contribution in [-0.2, 0) is 4.79 Å². The van der Waals surface area contributed by atoms with E-state index in [9.17, 15) is 4.79 Å². The number of carbonyl (C=O) groups is 1. The molecule has 0 radical (unpaired) electrons. The van der Waals surface area contributed by atoms with Crippen molar-refractivity contribution in [3.8, 4) is 0 Å². The zero-order valence-electron chi connectivity index (χ0n) is 9.99. The first kappa shape index (κ1) is 12.5. The van der Waals surface area contributed by atoms with Gasteiger partial charge in [0.2, 0.25) is 5.91 Å². The van der Waals surface area contributed by atoms with E-state index in [1.54, 1.807) is 0 Å². The second kappa shape index (κ2) is 5.47. The van der Waals surface area contributed by atoms with E-state index in [1.165, 1.54) is 6.42 Å². The average molecular weight is 213 g/mol. The summed E-state index contributed by atoms with van der Waals surface area (Å²) in [7, 11) is 2.13. The van der Waals surface area contributed by atoms with Crippen LogP contribution in [0.4, 0.5) is 0 Å². The van der Waals surface area contributed by atoms with Crippen molar-refractivity contribution >= 4 is 5.91 Å². The molecule has 0 spiro atoms. The lowest BCUT2D eigenvalue weighted by Gasteiger charge is -2.24. The normalized spacial score (nSPS) is 26.5. The van der Waals surface area contributed by atoms with E-state index in [4.69, 9.17) is 5.84 Å². The summed E-state index contributed by atoms with van der Waals surface area (Å²) in [5, 5.41) is 0. The highest BCUT2D eigenvalue weighted by Gasteiger charge is 2.33. The summed E-state index contributed by atoms with van der Waals surface area (Å²) in [4.78, 5) is 13.3. The average Bonchev–Trinajstić information content (AvgIpc) is 2.89. The van der Waals surface area contributed by atoms with Crippen LogP contribution < -0.4 is 11.3 Å². The molecule has 15 heavy (non-hydrogen) atoms. The third kappa shape index (κ3) is 4.18. The second-order valence-corrected chi connectivity index (χ2v) is 4.87. The van der Waals surface area contributed by atoms with E-state index < -0.39 is 0 Å². The van der Waals surface area contributed by atoms with E-state index in [2.05, 4.69) is 31.2 Å². The summed E-state index contributed by atoms with van der Waals surface area (Å²) in [6.07, 6.45) is 2.75. The van der Waals surface area contributed by atoms with Crippen molar-refractivity contribution in [3.63, 3.8) is 0 Å². The number of amides is 1. The van der Waals surface area contributed by atoms with Crippen LogP contribution in [0.1, 0.15) is 33.1 Å². The molecule has 0 aliphatic heterocycles. The van der Waals surface area contributed by atoms with Gasteiger partial charge in [-0.25, -0.2) is 5.84 Å². The lowest BCUT2D eigenvalue weighted by atomic mass is 10.1. The summed E-state index contributed by atoms with van der Waals surface area (Å²) in [6.45, 7) is 5.62. The third-order valence-electron chi connectivity index (χ3n) is 3.50. The van der Waals surface area contributed by atoms with Gasteiger partial charge in [-0.15, -0.1) is 0 Å². The van der Waals surface area contributed by atoms with Crippen LogP contribution in [0.2, 0.25) is 0 Å². The number of rotatable bonds is 6. The van der Waals surface area contributed by atoms with Gasteiger partial charge in [0.15, 0.2) is 0 Å². The Balaban J connectivity index is 2.15. The zero-order chi connectivity index (χ0) is 11.4. The highest BCUT2D eigenvalue weighted by atomic mass is 16.2. The maximum atomic E-state index is 11.0. The Morgan fingerprint density at radius 1 is 1.67 bits per heavy atom. The van der Waals surface area contributed by atoms with Crippen molar-refractivity contribution in [1.29, 1.82) is 0 Å². The Bertz CT molecular complexity index is 220. The minimum Gasteiger partial charge on any atom is -0.303 e. The van der Waals surface area contributed by atoms with Gasteiger partial charge >= 0.3 is 0 Å². The molecule has 0 heterocycles. The Morgan fingerprint density at radius 3 is 2.73 bits per heavy atom. The molecular weight excluding hydrogens is 190 g/mol. The predicted octanol–water partition coefficient (Wildman–Crippen LogP) is 0.733. The van der Waals surface area contributed by atoms with E-state index in [0.29, 0.717) is 12.5 Å². The molecule has 1 aliphatic rings. The van der Waals surface area contributed by atoms with Gasteiger partial charge in [-0.2, -0.15) is 0 Å². The largest absolute Gasteiger partial charge is 0.303 e. The van der Waals surface area contributed by atoms with Gasteiger partial charge in [0.25, 0.3) is 0 Å². The fraction of sp³-hybridized carbons (Fsp3) is 0.909. The molecule has 0 aromatic heterocycles. The fourth-order valence-electron chi connectivity index (χ4n) is 1.84. The SMILES string of the molecule is CC1CC1CN(C)C(C)CCC(=O)NN. The van der Waals surface area contributed by atoms with Crippen molar-refractivity contribution in [2.75, 3.05) is 13.6 Å². The molecule has 0 saturated heterocycles. The van der Waals surface area contributed by atoms with Gasteiger partial charge in [-0.05, 0) is 38.6 Å². The molecule has 0 aromatic rings. The molecule has 0 aromatic carbocycles. The summed E-state index contributed by atoms with van der Waals surface area (Å²) >= 11 is 0. The number of nitrogens with one attached hydrogen (secondary N) is 1. The maximum absolute atomic E-state index is 11.0. The monoisotopic (exact) mass is 213 g/mol. The standard InChI is InChI=1S/C11H23N3O/c1-8-6-10(8)7-14(3)9(2)4-5-11(15)13-12/h8-10H,4-7,12H2,1-3H3,(H,13,15). The van der Waals surface area contributed by atoms with Crippen molar-refractivity contribution in [2.45, 2.75) is 39.2 Å². The van der Waals surface area contributed by atoms with Gasteiger partial charge in [0, 0.05) is 19.0 Å². The molecule has 4 nitrogen and oxygen atoms in total. The molecule has 1 amide bonds. The van der Waals surface area contributed by atoms with Crippen molar-refractivity contribution in [2.24, 2.45) is 17.7 Å². The third-order valence-corrected chi connectivity index (χ3v) is 3.50. The molecule has 0 bridgehead atoms. The summed E-state index contributed by atoms with van der Waals surface area (Å²) < 4.78 is 0. The number of nitrogens with two attached hydrogens (primary N) is 1. The number of hydrazine groups is 1. The lowest BCUT2D eigenvalue weighted by molar-refractivity contribution is -0.121. The zero-order valence-corrected chi connectivity index (χ0v) is 9.99. The maximum Gasteiger partial charge on any atom is 0.233 e. The molecule has 1 rings (SSSR count). The van der Waals surface area contributed by atoms with Crippen LogP contribution in [0.3, 0.4) is 0 Å². The molecular formula is C11H23N3O. The highest BCUT2D eigenvalue weighted by Crippen LogP contribution is 2.38. The number of carbonyl (C=O) groups excluding carboxylic acids is 1. The summed E-state index contributed by atoms with van der Waals surface area (Å²) in [5.74, 6) is 6.73. The summed E-state index contributed by atoms with van der Waals surface area (Å²) in [6, 6.07) is 0.454. The second-order valence-electron chi connectivity index (χ2n) is 4.87. The van der Waals surface area contributed by atoms with Crippen LogP contribution in [0, 0.1) is 11.8 Å². The molecule has 3 N–H and O–H groups in total. The fourth-order valence-corrected chi connectivity index (χ4v) is 1.84. The van der Waals surface area contributed by atoms with E-state index in [1.807, 2.05) is 0 Å². The van der Waals surface area contributed by atoms with Gasteiger partial charge in [-0.1, -0.05) is 6.92 Å². The van der Waals surface area contributed by atoms with Crippen molar-refractivity contribution < 1.29 is 4.79 Å². The van der Waals surface area contributed by atoms with Gasteiger partial charge in [0.05, 0.1) is 0 Å².